The van der Waals surface area contributed by atoms with Gasteiger partial charge in [-0.1, -0.05) is 0 Å². The molecule has 37 heavy (non-hydrogen) atoms. The molecule has 2 heterocycles. The van der Waals surface area contributed by atoms with Crippen molar-refractivity contribution in [2.45, 2.75) is 13.3 Å². The van der Waals surface area contributed by atoms with Gasteiger partial charge in [0.25, 0.3) is 11.8 Å². The summed E-state index contributed by atoms with van der Waals surface area (Å²) in [5, 5.41) is 24.4. The third kappa shape index (κ3) is 10.9. The topological polar surface area (TPSA) is 164 Å². The number of nitrogens with one attached hydrogen (secondary N) is 1. The van der Waals surface area contributed by atoms with Gasteiger partial charge < -0.3 is 23.8 Å². The first-order valence-electron chi connectivity index (χ1n) is 10.2. The van der Waals surface area contributed by atoms with Crippen LogP contribution in [0.4, 0.5) is 11.4 Å². The molecule has 0 aromatic carbocycles. The zero-order valence-electron chi connectivity index (χ0n) is 21.6. The Hall–Kier alpha value is -2.92. The second kappa shape index (κ2) is 17.5. The molecule has 0 amide bonds. The fourth-order valence-corrected chi connectivity index (χ4v) is 3.14. The first-order chi connectivity index (χ1) is 17.4. The Morgan fingerprint density at radius 1 is 0.946 bits per heavy atom. The number of methoxy groups -OCH3 is 4. The number of ether oxygens (including phenoxy) is 4. The van der Waals surface area contributed by atoms with Crippen molar-refractivity contribution in [1.29, 1.82) is 0 Å². The van der Waals surface area contributed by atoms with E-state index in [0.29, 0.717) is 20.1 Å². The molecular formula is C21H30Br2N6O8. The van der Waals surface area contributed by atoms with Crippen LogP contribution in [0.1, 0.15) is 11.1 Å². The van der Waals surface area contributed by atoms with Crippen LogP contribution in [0.3, 0.4) is 0 Å². The number of aromatic nitrogens is 2. The lowest BCUT2D eigenvalue weighted by atomic mass is 10.2. The van der Waals surface area contributed by atoms with Crippen LogP contribution < -0.4 is 14.8 Å². The second-order valence-electron chi connectivity index (χ2n) is 6.85. The molecule has 0 atom stereocenters. The lowest BCUT2D eigenvalue weighted by Gasteiger charge is -2.09. The van der Waals surface area contributed by atoms with E-state index in [1.165, 1.54) is 26.6 Å². The van der Waals surface area contributed by atoms with Gasteiger partial charge in [-0.25, -0.2) is 9.97 Å². The van der Waals surface area contributed by atoms with Gasteiger partial charge in [0.1, 0.15) is 0 Å². The summed E-state index contributed by atoms with van der Waals surface area (Å²) >= 11 is 6.39. The van der Waals surface area contributed by atoms with E-state index in [-0.39, 0.29) is 29.5 Å². The summed E-state index contributed by atoms with van der Waals surface area (Å²) in [5.74, 6) is 0.0299. The number of rotatable bonds is 9. The molecule has 0 spiro atoms. The summed E-state index contributed by atoms with van der Waals surface area (Å²) in [6, 6.07) is 0. The highest BCUT2D eigenvalue weighted by Crippen LogP contribution is 2.34. The standard InChI is InChI=1S/C10H12BrN3O3.C7H7BrN2O3.C4H11NO2/c1-13(2)5-4-7-8(11)6-12-10(17-3)9(7)14(15)16;1-4-5(8)3-9-7(13-2)6(4)10(11)12;1-5-4(6-2)7-3/h4-6H,1-3H3;3H,1-2H3;4-5H,1-3H3/b5-4+;;. The Kier molecular flexibility index (Phi) is 16.1. The normalized spacial score (nSPS) is 10.2. The molecule has 16 heteroatoms. The van der Waals surface area contributed by atoms with Crippen LogP contribution in [0, 0.1) is 27.2 Å². The van der Waals surface area contributed by atoms with Crippen molar-refractivity contribution >= 4 is 49.3 Å². The van der Waals surface area contributed by atoms with Crippen molar-refractivity contribution in [1.82, 2.24) is 20.2 Å². The Morgan fingerprint density at radius 2 is 1.41 bits per heavy atom. The highest BCUT2D eigenvalue weighted by molar-refractivity contribution is 9.10. The van der Waals surface area contributed by atoms with Gasteiger partial charge in [-0.3, -0.25) is 25.5 Å². The van der Waals surface area contributed by atoms with Crippen LogP contribution in [0.15, 0.2) is 27.5 Å². The van der Waals surface area contributed by atoms with Gasteiger partial charge in [-0.05, 0) is 58.1 Å². The van der Waals surface area contributed by atoms with Gasteiger partial charge in [0.2, 0.25) is 6.41 Å². The molecule has 2 rings (SSSR count). The summed E-state index contributed by atoms with van der Waals surface area (Å²) in [6.45, 7) is 1.63. The zero-order valence-corrected chi connectivity index (χ0v) is 24.8. The predicted octanol–water partition coefficient (Wildman–Crippen LogP) is 4.14. The number of pyridine rings is 2. The molecule has 0 saturated carbocycles. The van der Waals surface area contributed by atoms with Crippen molar-refractivity contribution in [2.24, 2.45) is 0 Å². The molecule has 0 saturated heterocycles. The van der Waals surface area contributed by atoms with E-state index in [0.717, 1.165) is 0 Å². The summed E-state index contributed by atoms with van der Waals surface area (Å²) in [6.07, 6.45) is 6.03. The number of hydrogen-bond acceptors (Lipinski definition) is 12. The SMILES string of the molecule is CNC(OC)OC.COc1ncc(Br)c(/C=C/N(C)C)c1[N+](=O)[O-].COc1ncc(Br)c(C)c1[N+](=O)[O-]. The maximum Gasteiger partial charge on any atom is 0.339 e. The van der Waals surface area contributed by atoms with Crippen molar-refractivity contribution in [3.8, 4) is 11.8 Å². The molecule has 0 fully saturated rings. The van der Waals surface area contributed by atoms with Gasteiger partial charge in [-0.15, -0.1) is 0 Å². The lowest BCUT2D eigenvalue weighted by molar-refractivity contribution is -0.386. The third-order valence-corrected chi connectivity index (χ3v) is 5.61. The van der Waals surface area contributed by atoms with E-state index < -0.39 is 9.85 Å². The number of nitro groups is 2. The fraction of sp³-hybridized carbons (Fsp3) is 0.429. The van der Waals surface area contributed by atoms with Crippen molar-refractivity contribution in [2.75, 3.05) is 49.6 Å². The Labute approximate surface area is 231 Å². The quantitative estimate of drug-likeness (QED) is 0.234. The molecule has 0 unspecified atom stereocenters. The summed E-state index contributed by atoms with van der Waals surface area (Å²) in [5.41, 5.74) is 0.684. The van der Waals surface area contributed by atoms with Crippen LogP contribution in [0.2, 0.25) is 0 Å². The molecular weight excluding hydrogens is 624 g/mol. The Morgan fingerprint density at radius 3 is 1.76 bits per heavy atom. The minimum atomic E-state index is -0.508. The van der Waals surface area contributed by atoms with E-state index in [4.69, 9.17) is 18.9 Å². The highest BCUT2D eigenvalue weighted by atomic mass is 79.9. The molecule has 0 bridgehead atoms. The lowest BCUT2D eigenvalue weighted by Crippen LogP contribution is -2.28. The van der Waals surface area contributed by atoms with Crippen LogP contribution in [0.5, 0.6) is 11.8 Å². The Balaban J connectivity index is 0.000000573. The van der Waals surface area contributed by atoms with Crippen molar-refractivity contribution in [3.05, 3.63) is 58.9 Å². The molecule has 0 aliphatic rings. The molecule has 206 valence electrons. The second-order valence-corrected chi connectivity index (χ2v) is 8.56. The smallest absolute Gasteiger partial charge is 0.339 e. The largest absolute Gasteiger partial charge is 0.476 e. The van der Waals surface area contributed by atoms with E-state index in [1.807, 2.05) is 14.1 Å². The highest BCUT2D eigenvalue weighted by Gasteiger charge is 2.23. The molecule has 0 aliphatic heterocycles. The first-order valence-corrected chi connectivity index (χ1v) is 11.8. The fourth-order valence-electron chi connectivity index (χ4n) is 2.43. The maximum absolute atomic E-state index is 11.0. The number of hydrogen-bond donors (Lipinski definition) is 1. The number of halogens is 2. The summed E-state index contributed by atoms with van der Waals surface area (Å²) in [4.78, 5) is 30.0. The van der Waals surface area contributed by atoms with E-state index in [1.54, 1.807) is 45.4 Å². The van der Waals surface area contributed by atoms with Crippen LogP contribution >= 0.6 is 31.9 Å². The van der Waals surface area contributed by atoms with Crippen molar-refractivity contribution in [3.63, 3.8) is 0 Å². The molecule has 2 aromatic heterocycles. The van der Waals surface area contributed by atoms with Crippen LogP contribution in [-0.2, 0) is 9.47 Å². The van der Waals surface area contributed by atoms with Gasteiger partial charge in [0.15, 0.2) is 0 Å². The summed E-state index contributed by atoms with van der Waals surface area (Å²) in [7, 11) is 11.3. The minimum absolute atomic E-state index is 0.00314. The third-order valence-electron chi connectivity index (χ3n) is 4.18. The van der Waals surface area contributed by atoms with Gasteiger partial charge >= 0.3 is 11.4 Å². The zero-order chi connectivity index (χ0) is 28.7. The average molecular weight is 654 g/mol. The van der Waals surface area contributed by atoms with E-state index in [2.05, 4.69) is 47.1 Å². The van der Waals surface area contributed by atoms with Crippen molar-refractivity contribution < 1.29 is 28.8 Å². The molecule has 2 aromatic rings. The Bertz CT molecular complexity index is 1060. The molecule has 0 radical (unpaired) electrons. The van der Waals surface area contributed by atoms with Gasteiger partial charge in [0, 0.05) is 50.7 Å². The predicted molar refractivity (Wildman–Crippen MR) is 145 cm³/mol. The maximum atomic E-state index is 11.0. The van der Waals surface area contributed by atoms with Gasteiger partial charge in [0.05, 0.1) is 34.1 Å². The monoisotopic (exact) mass is 652 g/mol. The molecule has 0 aliphatic carbocycles. The van der Waals surface area contributed by atoms with E-state index in [9.17, 15) is 20.2 Å². The minimum Gasteiger partial charge on any atom is -0.476 e. The average Bonchev–Trinajstić information content (AvgIpc) is 2.86. The first kappa shape index (κ1) is 34.1. The van der Waals surface area contributed by atoms with Crippen LogP contribution in [-0.4, -0.2) is 80.7 Å². The number of nitrogens with zero attached hydrogens (tertiary/aromatic N) is 5. The van der Waals surface area contributed by atoms with E-state index >= 15 is 0 Å². The van der Waals surface area contributed by atoms with Gasteiger partial charge in [-0.2, -0.15) is 0 Å². The molecule has 14 nitrogen and oxygen atoms in total. The van der Waals surface area contributed by atoms with Crippen LogP contribution in [0.25, 0.3) is 6.08 Å². The summed E-state index contributed by atoms with van der Waals surface area (Å²) < 4.78 is 20.2. The molecule has 1 N–H and O–H groups in total.